The van der Waals surface area contributed by atoms with Crippen LogP contribution in [0.1, 0.15) is 50.6 Å². The number of carbonyl (C=O) groups is 1. The Balaban J connectivity index is 1.52. The first-order valence-corrected chi connectivity index (χ1v) is 13.2. The Bertz CT molecular complexity index is 1110. The number of fused-ring (bicyclic) bond motifs is 1. The van der Waals surface area contributed by atoms with Crippen molar-refractivity contribution in [3.05, 3.63) is 64.0 Å². The largest absolute Gasteiger partial charge is 0.497 e. The van der Waals surface area contributed by atoms with Gasteiger partial charge in [0.05, 0.1) is 23.9 Å². The van der Waals surface area contributed by atoms with Gasteiger partial charge in [0.1, 0.15) is 10.7 Å². The second-order valence-electron chi connectivity index (χ2n) is 8.70. The first-order chi connectivity index (χ1) is 16.1. The molecule has 0 aromatic heterocycles. The lowest BCUT2D eigenvalue weighted by Gasteiger charge is -2.30. The van der Waals surface area contributed by atoms with Crippen molar-refractivity contribution in [2.75, 3.05) is 19.1 Å². The summed E-state index contributed by atoms with van der Waals surface area (Å²) < 4.78 is 5.42. The van der Waals surface area contributed by atoms with Crippen molar-refractivity contribution >= 4 is 40.3 Å². The summed E-state index contributed by atoms with van der Waals surface area (Å²) in [5, 5.41) is 1.82. The van der Waals surface area contributed by atoms with Gasteiger partial charge < -0.3 is 9.64 Å². The molecule has 172 valence electrons. The Labute approximate surface area is 204 Å². The lowest BCUT2D eigenvalue weighted by Crippen LogP contribution is -2.40. The molecule has 1 saturated carbocycles. The van der Waals surface area contributed by atoms with Crippen LogP contribution in [0.15, 0.2) is 68.4 Å². The number of benzene rings is 2. The first kappa shape index (κ1) is 22.4. The van der Waals surface area contributed by atoms with Crippen LogP contribution < -0.4 is 9.64 Å². The van der Waals surface area contributed by atoms with Crippen molar-refractivity contribution in [2.24, 2.45) is 4.99 Å². The van der Waals surface area contributed by atoms with E-state index in [-0.39, 0.29) is 18.0 Å². The molecular weight excluding hydrogens is 450 g/mol. The molecule has 1 atom stereocenters. The number of hydrogen-bond acceptors (Lipinski definition) is 6. The van der Waals surface area contributed by atoms with Gasteiger partial charge in [0, 0.05) is 24.1 Å². The number of amides is 1. The van der Waals surface area contributed by atoms with Crippen molar-refractivity contribution in [1.29, 1.82) is 0 Å². The Morgan fingerprint density at radius 1 is 1.06 bits per heavy atom. The standard InChI is InChI=1S/C26H29N3O2S2/c1-17(18-10-6-4-7-11-18)27-26-29(19-12-8-5-9-13-19)24(30)23(33-26)25-28(2)21-16-20(31-3)14-15-22(21)32-25/h4,6-7,10-11,14-17,19H,5,8-9,12-13H2,1-3H3/b25-23-,27-26?/t17-/m0/s1. The van der Waals surface area contributed by atoms with E-state index < -0.39 is 0 Å². The second kappa shape index (κ2) is 9.47. The summed E-state index contributed by atoms with van der Waals surface area (Å²) in [6, 6.07) is 16.6. The Kier molecular flexibility index (Phi) is 6.43. The van der Waals surface area contributed by atoms with E-state index in [1.165, 1.54) is 31.0 Å². The smallest absolute Gasteiger partial charge is 0.269 e. The van der Waals surface area contributed by atoms with Crippen molar-refractivity contribution < 1.29 is 9.53 Å². The van der Waals surface area contributed by atoms with Crippen LogP contribution in [0.2, 0.25) is 0 Å². The third kappa shape index (κ3) is 4.28. The lowest BCUT2D eigenvalue weighted by molar-refractivity contribution is -0.124. The molecule has 2 heterocycles. The van der Waals surface area contributed by atoms with Gasteiger partial charge in [0.25, 0.3) is 5.91 Å². The summed E-state index contributed by atoms with van der Waals surface area (Å²) in [7, 11) is 3.71. The van der Waals surface area contributed by atoms with Gasteiger partial charge in [-0.05, 0) is 49.2 Å². The minimum absolute atomic E-state index is 0.00707. The summed E-state index contributed by atoms with van der Waals surface area (Å²) in [6.45, 7) is 2.11. The van der Waals surface area contributed by atoms with E-state index in [1.54, 1.807) is 18.9 Å². The van der Waals surface area contributed by atoms with Crippen molar-refractivity contribution in [3.8, 4) is 5.75 Å². The summed E-state index contributed by atoms with van der Waals surface area (Å²) in [4.78, 5) is 25.0. The van der Waals surface area contributed by atoms with E-state index in [0.29, 0.717) is 0 Å². The SMILES string of the molecule is COc1ccc2c(c1)N(C)/C(=C1/SC(=N[C@@H](C)c3ccccc3)N(C3CCCCC3)C1=O)S2. The van der Waals surface area contributed by atoms with Crippen molar-refractivity contribution in [3.63, 3.8) is 0 Å². The van der Waals surface area contributed by atoms with Crippen LogP contribution in [-0.2, 0) is 4.79 Å². The monoisotopic (exact) mass is 479 g/mol. The van der Waals surface area contributed by atoms with Gasteiger partial charge in [-0.3, -0.25) is 14.7 Å². The number of ether oxygens (including phenoxy) is 1. The Morgan fingerprint density at radius 2 is 1.82 bits per heavy atom. The zero-order valence-electron chi connectivity index (χ0n) is 19.3. The molecule has 2 aromatic rings. The zero-order valence-corrected chi connectivity index (χ0v) is 20.9. The van der Waals surface area contributed by atoms with Crippen LogP contribution in [0.25, 0.3) is 0 Å². The zero-order chi connectivity index (χ0) is 22.9. The molecule has 0 spiro atoms. The van der Waals surface area contributed by atoms with Gasteiger partial charge >= 0.3 is 0 Å². The number of nitrogens with zero attached hydrogens (tertiary/aromatic N) is 3. The average molecular weight is 480 g/mol. The highest BCUT2D eigenvalue weighted by Gasteiger charge is 2.42. The molecule has 33 heavy (non-hydrogen) atoms. The highest BCUT2D eigenvalue weighted by molar-refractivity contribution is 8.19. The molecule has 5 rings (SSSR count). The Morgan fingerprint density at radius 3 is 2.55 bits per heavy atom. The van der Waals surface area contributed by atoms with Crippen LogP contribution in [0, 0.1) is 0 Å². The van der Waals surface area contributed by atoms with Crippen LogP contribution in [0.3, 0.4) is 0 Å². The van der Waals surface area contributed by atoms with Crippen LogP contribution in [-0.4, -0.2) is 36.2 Å². The minimum Gasteiger partial charge on any atom is -0.497 e. The average Bonchev–Trinajstić information content (AvgIpc) is 3.35. The summed E-state index contributed by atoms with van der Waals surface area (Å²) in [5.41, 5.74) is 2.23. The van der Waals surface area contributed by atoms with Crippen LogP contribution >= 0.6 is 23.5 Å². The Hall–Kier alpha value is -2.38. The summed E-state index contributed by atoms with van der Waals surface area (Å²) in [5.74, 6) is 0.917. The maximum Gasteiger partial charge on any atom is 0.269 e. The molecule has 5 nitrogen and oxygen atoms in total. The third-order valence-corrected chi connectivity index (χ3v) is 8.99. The van der Waals surface area contributed by atoms with Gasteiger partial charge in [-0.1, -0.05) is 61.4 Å². The molecule has 0 radical (unpaired) electrons. The molecule has 1 saturated heterocycles. The lowest BCUT2D eigenvalue weighted by atomic mass is 9.94. The molecular formula is C26H29N3O2S2. The maximum absolute atomic E-state index is 13.8. The van der Waals surface area contributed by atoms with Gasteiger partial charge in [-0.25, -0.2) is 0 Å². The first-order valence-electron chi connectivity index (χ1n) is 11.5. The quantitative estimate of drug-likeness (QED) is 0.473. The third-order valence-electron chi connectivity index (χ3n) is 6.57. The number of carbonyl (C=O) groups excluding carboxylic acids is 1. The molecule has 2 aliphatic heterocycles. The molecule has 3 aliphatic rings. The fourth-order valence-electron chi connectivity index (χ4n) is 4.69. The van der Waals surface area contributed by atoms with Gasteiger partial charge in [-0.15, -0.1) is 0 Å². The molecule has 2 aromatic carbocycles. The van der Waals surface area contributed by atoms with E-state index in [9.17, 15) is 4.79 Å². The molecule has 2 fully saturated rings. The molecule has 1 amide bonds. The number of aliphatic imine (C=N–C) groups is 1. The molecule has 0 bridgehead atoms. The van der Waals surface area contributed by atoms with E-state index in [4.69, 9.17) is 9.73 Å². The number of thioether (sulfide) groups is 2. The van der Waals surface area contributed by atoms with E-state index in [1.807, 2.05) is 42.3 Å². The number of methoxy groups -OCH3 is 1. The van der Waals surface area contributed by atoms with Gasteiger partial charge in [0.2, 0.25) is 0 Å². The van der Waals surface area contributed by atoms with Gasteiger partial charge in [-0.2, -0.15) is 0 Å². The molecule has 1 aliphatic carbocycles. The summed E-state index contributed by atoms with van der Waals surface area (Å²) >= 11 is 3.19. The normalized spacial score (nSPS) is 23.4. The predicted molar refractivity (Wildman–Crippen MR) is 138 cm³/mol. The van der Waals surface area contributed by atoms with Crippen molar-refractivity contribution in [1.82, 2.24) is 4.90 Å². The number of anilines is 1. The van der Waals surface area contributed by atoms with Crippen molar-refractivity contribution in [2.45, 2.75) is 56.0 Å². The van der Waals surface area contributed by atoms with E-state index >= 15 is 0 Å². The minimum atomic E-state index is -0.00707. The second-order valence-corrected chi connectivity index (χ2v) is 10.7. The summed E-state index contributed by atoms with van der Waals surface area (Å²) in [6.07, 6.45) is 5.70. The van der Waals surface area contributed by atoms with Crippen LogP contribution in [0.5, 0.6) is 5.75 Å². The van der Waals surface area contributed by atoms with Crippen LogP contribution in [0.4, 0.5) is 5.69 Å². The topological polar surface area (TPSA) is 45.1 Å². The highest BCUT2D eigenvalue weighted by Crippen LogP contribution is 2.51. The predicted octanol–water partition coefficient (Wildman–Crippen LogP) is 6.43. The fraction of sp³-hybridized carbons (Fsp3) is 0.385. The molecule has 0 unspecified atom stereocenters. The van der Waals surface area contributed by atoms with Gasteiger partial charge in [0.15, 0.2) is 5.17 Å². The molecule has 7 heteroatoms. The number of rotatable bonds is 4. The highest BCUT2D eigenvalue weighted by atomic mass is 32.2. The number of amidine groups is 1. The fourth-order valence-corrected chi connectivity index (χ4v) is 7.13. The van der Waals surface area contributed by atoms with E-state index in [2.05, 4.69) is 30.0 Å². The number of hydrogen-bond donors (Lipinski definition) is 0. The maximum atomic E-state index is 13.8. The van der Waals surface area contributed by atoms with E-state index in [0.717, 1.165) is 49.8 Å². The molecule has 0 N–H and O–H groups in total.